The third-order valence-corrected chi connectivity index (χ3v) is 6.74. The maximum atomic E-state index is 12.8. The molecule has 162 valence electrons. The molecular formula is C19H23ClN4O5S. The van der Waals surface area contributed by atoms with Gasteiger partial charge in [0.25, 0.3) is 0 Å². The maximum Gasteiger partial charge on any atom is 0.408 e. The van der Waals surface area contributed by atoms with Gasteiger partial charge in [0.1, 0.15) is 11.5 Å². The highest BCUT2D eigenvalue weighted by Gasteiger charge is 2.29. The van der Waals surface area contributed by atoms with Gasteiger partial charge in [0.2, 0.25) is 5.91 Å². The molecule has 2 aromatic heterocycles. The van der Waals surface area contributed by atoms with Gasteiger partial charge in [-0.1, -0.05) is 18.5 Å². The Kier molecular flexibility index (Phi) is 6.77. The number of nitrogens with one attached hydrogen (secondary N) is 1. The molecule has 11 heteroatoms. The molecule has 1 aliphatic rings. The number of anilines is 1. The molecule has 1 atom stereocenters. The van der Waals surface area contributed by atoms with Gasteiger partial charge in [0.05, 0.1) is 22.5 Å². The number of ether oxygens (including phenoxy) is 1. The lowest BCUT2D eigenvalue weighted by Gasteiger charge is -2.15. The van der Waals surface area contributed by atoms with Gasteiger partial charge in [-0.25, -0.2) is 4.79 Å². The molecule has 0 saturated heterocycles. The summed E-state index contributed by atoms with van der Waals surface area (Å²) in [4.78, 5) is 36.9. The molecule has 2 aromatic rings. The number of amides is 1. The second kappa shape index (κ2) is 9.13. The van der Waals surface area contributed by atoms with Gasteiger partial charge in [-0.15, -0.1) is 11.3 Å². The van der Waals surface area contributed by atoms with Crippen molar-refractivity contribution in [2.45, 2.75) is 65.5 Å². The number of nitro groups is 1. The number of nitrogens with zero attached hydrogens (tertiary/aromatic N) is 3. The molecule has 1 amide bonds. The van der Waals surface area contributed by atoms with E-state index in [9.17, 15) is 19.7 Å². The van der Waals surface area contributed by atoms with Crippen molar-refractivity contribution in [1.29, 1.82) is 0 Å². The van der Waals surface area contributed by atoms with E-state index in [-0.39, 0.29) is 17.7 Å². The van der Waals surface area contributed by atoms with Crippen LogP contribution >= 0.6 is 22.9 Å². The van der Waals surface area contributed by atoms with Gasteiger partial charge in [0.15, 0.2) is 5.02 Å². The van der Waals surface area contributed by atoms with Gasteiger partial charge in [-0.2, -0.15) is 4.68 Å². The van der Waals surface area contributed by atoms with Crippen LogP contribution in [0.2, 0.25) is 5.02 Å². The summed E-state index contributed by atoms with van der Waals surface area (Å²) in [5.41, 5.74) is 1.69. The lowest BCUT2D eigenvalue weighted by Crippen LogP contribution is -2.22. The van der Waals surface area contributed by atoms with E-state index < -0.39 is 22.6 Å². The Morgan fingerprint density at radius 2 is 2.10 bits per heavy atom. The van der Waals surface area contributed by atoms with Gasteiger partial charge < -0.3 is 20.2 Å². The van der Waals surface area contributed by atoms with E-state index in [2.05, 4.69) is 10.4 Å². The molecule has 0 bridgehead atoms. The van der Waals surface area contributed by atoms with Crippen molar-refractivity contribution >= 4 is 45.6 Å². The van der Waals surface area contributed by atoms with Crippen LogP contribution < -0.4 is 5.32 Å². The van der Waals surface area contributed by atoms with E-state index in [4.69, 9.17) is 16.3 Å². The lowest BCUT2D eigenvalue weighted by atomic mass is 9.95. The number of hydrogen-bond donors (Lipinski definition) is 1. The summed E-state index contributed by atoms with van der Waals surface area (Å²) in [7, 11) is 0. The van der Waals surface area contributed by atoms with Crippen LogP contribution in [-0.2, 0) is 28.9 Å². The van der Waals surface area contributed by atoms with Crippen LogP contribution in [0.25, 0.3) is 0 Å². The van der Waals surface area contributed by atoms with Gasteiger partial charge in [-0.05, 0) is 56.4 Å². The molecule has 0 spiro atoms. The number of aryl methyl sites for hydroxylation is 1. The average molecular weight is 455 g/mol. The Labute approximate surface area is 182 Å². The standard InChI is InChI=1S/C19H23ClN4O5S/c1-4-10(2)29-19(26)15-12-7-5-6-8-13(12)30-18(15)21-14(25)9-23-11(3)16(20)17(22-23)24(27)28/h10H,4-9H2,1-3H3,(H,21,25). The SMILES string of the molecule is CCC(C)OC(=O)c1c(NC(=O)Cn2nc([N+](=O)[O-])c(Cl)c2C)sc2c1CCCC2. The minimum Gasteiger partial charge on any atom is -0.459 e. The summed E-state index contributed by atoms with van der Waals surface area (Å²) >= 11 is 7.32. The second-order valence-electron chi connectivity index (χ2n) is 7.23. The number of halogens is 1. The summed E-state index contributed by atoms with van der Waals surface area (Å²) in [6, 6.07) is 0. The first-order chi connectivity index (χ1) is 14.2. The second-order valence-corrected chi connectivity index (χ2v) is 8.71. The van der Waals surface area contributed by atoms with Gasteiger partial charge in [-0.3, -0.25) is 4.79 Å². The molecule has 0 aliphatic heterocycles. The van der Waals surface area contributed by atoms with Crippen molar-refractivity contribution in [2.24, 2.45) is 0 Å². The fourth-order valence-corrected chi connectivity index (χ4v) is 4.77. The largest absolute Gasteiger partial charge is 0.459 e. The normalized spacial score (nSPS) is 14.1. The first-order valence-electron chi connectivity index (χ1n) is 9.75. The Bertz CT molecular complexity index is 1000. The smallest absolute Gasteiger partial charge is 0.408 e. The van der Waals surface area contributed by atoms with Crippen LogP contribution in [0.4, 0.5) is 10.8 Å². The third-order valence-electron chi connectivity index (χ3n) is 5.09. The van der Waals surface area contributed by atoms with Crippen LogP contribution in [0.1, 0.15) is 59.6 Å². The summed E-state index contributed by atoms with van der Waals surface area (Å²) in [6.45, 7) is 5.04. The Morgan fingerprint density at radius 1 is 1.40 bits per heavy atom. The predicted molar refractivity (Wildman–Crippen MR) is 113 cm³/mol. The monoisotopic (exact) mass is 454 g/mol. The number of aromatic nitrogens is 2. The molecule has 0 fully saturated rings. The van der Waals surface area contributed by atoms with E-state index in [1.807, 2.05) is 13.8 Å². The minimum atomic E-state index is -0.694. The fraction of sp³-hybridized carbons (Fsp3) is 0.526. The molecule has 1 N–H and O–H groups in total. The summed E-state index contributed by atoms with van der Waals surface area (Å²) in [5, 5.41) is 17.9. The highest BCUT2D eigenvalue weighted by Crippen LogP contribution is 2.39. The Balaban J connectivity index is 1.85. The first kappa shape index (κ1) is 22.2. The zero-order valence-electron chi connectivity index (χ0n) is 17.0. The van der Waals surface area contributed by atoms with Crippen LogP contribution in [0.3, 0.4) is 0 Å². The van der Waals surface area contributed by atoms with Crippen molar-refractivity contribution in [1.82, 2.24) is 9.78 Å². The predicted octanol–water partition coefficient (Wildman–Crippen LogP) is 4.29. The molecule has 0 radical (unpaired) electrons. The van der Waals surface area contributed by atoms with E-state index >= 15 is 0 Å². The van der Waals surface area contributed by atoms with Crippen LogP contribution in [0, 0.1) is 17.0 Å². The van der Waals surface area contributed by atoms with E-state index in [1.165, 1.54) is 16.0 Å². The highest BCUT2D eigenvalue weighted by molar-refractivity contribution is 7.17. The Morgan fingerprint density at radius 3 is 2.73 bits per heavy atom. The van der Waals surface area contributed by atoms with E-state index in [0.29, 0.717) is 22.7 Å². The molecule has 9 nitrogen and oxygen atoms in total. The topological polar surface area (TPSA) is 116 Å². The first-order valence-corrected chi connectivity index (χ1v) is 10.9. The van der Waals surface area contributed by atoms with Crippen molar-refractivity contribution in [3.8, 4) is 0 Å². The number of thiophene rings is 1. The maximum absolute atomic E-state index is 12.8. The van der Waals surface area contributed by atoms with E-state index in [1.54, 1.807) is 6.92 Å². The van der Waals surface area contributed by atoms with Gasteiger partial charge >= 0.3 is 11.8 Å². The van der Waals surface area contributed by atoms with Crippen LogP contribution in [0.5, 0.6) is 0 Å². The zero-order chi connectivity index (χ0) is 22.0. The number of fused-ring (bicyclic) bond motifs is 1. The third kappa shape index (κ3) is 4.49. The van der Waals surface area contributed by atoms with Crippen LogP contribution in [0.15, 0.2) is 0 Å². The summed E-state index contributed by atoms with van der Waals surface area (Å²) < 4.78 is 6.70. The van der Waals surface area contributed by atoms with Crippen molar-refractivity contribution in [2.75, 3.05) is 5.32 Å². The summed E-state index contributed by atoms with van der Waals surface area (Å²) in [5.74, 6) is -1.39. The molecule has 1 aliphatic carbocycles. The number of carbonyl (C=O) groups is 2. The van der Waals surface area contributed by atoms with Crippen molar-refractivity contribution < 1.29 is 19.2 Å². The quantitative estimate of drug-likeness (QED) is 0.379. The highest BCUT2D eigenvalue weighted by atomic mass is 35.5. The van der Waals surface area contributed by atoms with Crippen molar-refractivity contribution in [3.63, 3.8) is 0 Å². The molecule has 3 rings (SSSR count). The fourth-order valence-electron chi connectivity index (χ4n) is 3.28. The number of esters is 1. The summed E-state index contributed by atoms with van der Waals surface area (Å²) in [6.07, 6.45) is 4.11. The average Bonchev–Trinajstić information content (AvgIpc) is 3.19. The molecule has 0 aromatic carbocycles. The lowest BCUT2D eigenvalue weighted by molar-refractivity contribution is -0.389. The molecular weight excluding hydrogens is 432 g/mol. The molecule has 1 unspecified atom stereocenters. The zero-order valence-corrected chi connectivity index (χ0v) is 18.6. The number of carbonyl (C=O) groups excluding carboxylic acids is 2. The Hall–Kier alpha value is -2.46. The van der Waals surface area contributed by atoms with E-state index in [0.717, 1.165) is 36.1 Å². The molecule has 0 saturated carbocycles. The van der Waals surface area contributed by atoms with Crippen LogP contribution in [-0.4, -0.2) is 32.7 Å². The van der Waals surface area contributed by atoms with Gasteiger partial charge in [0, 0.05) is 4.88 Å². The number of rotatable bonds is 7. The molecule has 30 heavy (non-hydrogen) atoms. The number of hydrogen-bond acceptors (Lipinski definition) is 7. The molecule has 2 heterocycles. The minimum absolute atomic E-state index is 0.0998. The van der Waals surface area contributed by atoms with Crippen molar-refractivity contribution in [3.05, 3.63) is 36.8 Å².